The van der Waals surface area contributed by atoms with Crippen molar-refractivity contribution in [1.82, 2.24) is 4.90 Å². The molecule has 1 aliphatic rings. The van der Waals surface area contributed by atoms with Gasteiger partial charge in [-0.05, 0) is 53.6 Å². The van der Waals surface area contributed by atoms with Gasteiger partial charge in [-0.1, -0.05) is 24.3 Å². The Morgan fingerprint density at radius 2 is 1.66 bits per heavy atom. The lowest BCUT2D eigenvalue weighted by Crippen LogP contribution is -2.50. The first-order valence-electron chi connectivity index (χ1n) is 11.1. The van der Waals surface area contributed by atoms with E-state index in [1.165, 1.54) is 48.4 Å². The van der Waals surface area contributed by atoms with E-state index < -0.39 is 45.8 Å². The molecule has 4 rings (SSSR count). The molecule has 0 saturated heterocycles. The molecule has 7 nitrogen and oxygen atoms in total. The third-order valence-corrected chi connectivity index (χ3v) is 7.55. The summed E-state index contributed by atoms with van der Waals surface area (Å²) in [5.41, 5.74) is -0.214. The maximum atomic E-state index is 13.7. The number of hydrogen-bond acceptors (Lipinski definition) is 5. The number of alkyl halides is 5. The van der Waals surface area contributed by atoms with Crippen LogP contribution in [0.15, 0.2) is 71.6 Å². The van der Waals surface area contributed by atoms with Gasteiger partial charge < -0.3 is 14.4 Å². The Morgan fingerprint density at radius 3 is 2.29 bits per heavy atom. The van der Waals surface area contributed by atoms with Crippen molar-refractivity contribution in [3.05, 3.63) is 77.9 Å². The zero-order chi connectivity index (χ0) is 27.7. The van der Waals surface area contributed by atoms with Crippen LogP contribution in [-0.2, 0) is 20.9 Å². The number of anilines is 1. The minimum absolute atomic E-state index is 0.0179. The molecule has 0 fully saturated rings. The number of fused-ring (bicyclic) bond motifs is 1. The monoisotopic (exact) mass is 556 g/mol. The number of methoxy groups -OCH3 is 1. The van der Waals surface area contributed by atoms with E-state index in [-0.39, 0.29) is 30.2 Å². The van der Waals surface area contributed by atoms with E-state index in [1.54, 1.807) is 6.07 Å². The molecule has 202 valence electrons. The van der Waals surface area contributed by atoms with Crippen LogP contribution in [0.2, 0.25) is 0 Å². The Kier molecular flexibility index (Phi) is 7.61. The Balaban J connectivity index is 1.80. The highest BCUT2D eigenvalue weighted by Crippen LogP contribution is 2.37. The van der Waals surface area contributed by atoms with Crippen LogP contribution in [0.1, 0.15) is 15.9 Å². The lowest BCUT2D eigenvalue weighted by atomic mass is 10.0. The number of ether oxygens (including phenoxy) is 2. The van der Waals surface area contributed by atoms with Crippen molar-refractivity contribution in [2.45, 2.75) is 17.7 Å². The fraction of sp³-hybridized carbons (Fsp3) is 0.240. The van der Waals surface area contributed by atoms with Gasteiger partial charge in [-0.3, -0.25) is 4.79 Å². The second kappa shape index (κ2) is 10.6. The molecule has 38 heavy (non-hydrogen) atoms. The van der Waals surface area contributed by atoms with E-state index in [1.807, 2.05) is 0 Å². The van der Waals surface area contributed by atoms with E-state index in [0.29, 0.717) is 17.2 Å². The van der Waals surface area contributed by atoms with Crippen molar-refractivity contribution in [3.8, 4) is 16.9 Å². The largest absolute Gasteiger partial charge is 0.435 e. The Bertz CT molecular complexity index is 1430. The first kappa shape index (κ1) is 27.3. The zero-order valence-electron chi connectivity index (χ0n) is 19.8. The molecule has 3 aromatic rings. The topological polar surface area (TPSA) is 76.2 Å². The number of carbonyl (C=O) groups excluding carboxylic acids is 1. The second-order valence-corrected chi connectivity index (χ2v) is 10.1. The van der Waals surface area contributed by atoms with Gasteiger partial charge in [0.05, 0.1) is 28.3 Å². The number of rotatable bonds is 8. The van der Waals surface area contributed by atoms with Gasteiger partial charge in [0, 0.05) is 13.7 Å². The molecule has 0 radical (unpaired) electrons. The number of hydrogen-bond donors (Lipinski definition) is 0. The molecule has 0 bridgehead atoms. The smallest absolute Gasteiger partial charge is 0.416 e. The number of nitrogens with zero attached hydrogens (tertiary/aromatic N) is 2. The van der Waals surface area contributed by atoms with Gasteiger partial charge in [0.15, 0.2) is 0 Å². The molecule has 0 aromatic heterocycles. The van der Waals surface area contributed by atoms with E-state index in [0.717, 1.165) is 22.5 Å². The molecule has 13 heteroatoms. The Hall–Kier alpha value is -3.71. The molecule has 0 spiro atoms. The molecule has 1 aliphatic heterocycles. The zero-order valence-corrected chi connectivity index (χ0v) is 20.6. The van der Waals surface area contributed by atoms with Crippen molar-refractivity contribution < 1.29 is 44.6 Å². The number of halogens is 5. The molecule has 1 amide bonds. The lowest BCUT2D eigenvalue weighted by Gasteiger charge is -2.37. The van der Waals surface area contributed by atoms with Crippen molar-refractivity contribution in [2.24, 2.45) is 0 Å². The number of benzene rings is 3. The van der Waals surface area contributed by atoms with Gasteiger partial charge in [-0.15, -0.1) is 0 Å². The quantitative estimate of drug-likeness (QED) is 0.356. The molecule has 0 saturated carbocycles. The number of sulfonamides is 1. The van der Waals surface area contributed by atoms with Crippen LogP contribution in [0.3, 0.4) is 0 Å². The van der Waals surface area contributed by atoms with E-state index in [9.17, 15) is 35.2 Å². The highest BCUT2D eigenvalue weighted by atomic mass is 32.2. The van der Waals surface area contributed by atoms with Crippen LogP contribution < -0.4 is 9.04 Å². The van der Waals surface area contributed by atoms with Gasteiger partial charge in [0.25, 0.3) is 15.9 Å². The molecule has 3 aromatic carbocycles. The lowest BCUT2D eigenvalue weighted by molar-refractivity contribution is -0.137. The average molecular weight is 557 g/mol. The molecule has 0 atom stereocenters. The highest BCUT2D eigenvalue weighted by molar-refractivity contribution is 7.92. The maximum absolute atomic E-state index is 13.7. The minimum atomic E-state index is -4.76. The van der Waals surface area contributed by atoms with Crippen molar-refractivity contribution in [1.29, 1.82) is 0 Å². The Morgan fingerprint density at radius 1 is 0.974 bits per heavy atom. The van der Waals surface area contributed by atoms with E-state index >= 15 is 0 Å². The summed E-state index contributed by atoms with van der Waals surface area (Å²) in [5.74, 6) is -0.570. The van der Waals surface area contributed by atoms with Gasteiger partial charge in [-0.25, -0.2) is 12.7 Å². The Labute approximate surface area is 215 Å². The van der Waals surface area contributed by atoms with Crippen LogP contribution in [0.5, 0.6) is 5.75 Å². The summed E-state index contributed by atoms with van der Waals surface area (Å²) in [6.07, 6.45) is -4.76. The summed E-state index contributed by atoms with van der Waals surface area (Å²) in [6, 6.07) is 13.3. The molecule has 0 N–H and O–H groups in total. The van der Waals surface area contributed by atoms with Gasteiger partial charge in [0.2, 0.25) is 0 Å². The minimum Gasteiger partial charge on any atom is -0.435 e. The van der Waals surface area contributed by atoms with E-state index in [4.69, 9.17) is 4.74 Å². The summed E-state index contributed by atoms with van der Waals surface area (Å²) in [4.78, 5) is 13.7. The van der Waals surface area contributed by atoms with Crippen LogP contribution in [-0.4, -0.2) is 52.8 Å². The molecular formula is C25H21F5N2O5S. The predicted octanol–water partition coefficient (Wildman–Crippen LogP) is 5.23. The standard InChI is InChI=1S/C25H21F5N2O5S/c1-36-12-11-31-15-32(38(34,35)20-4-2-3-18(14-20)25(28,29)30)22-13-17(7-10-21(22)23(31)33)16-5-8-19(9-6-16)37-24(26)27/h2-10,13-14,24H,11-12,15H2,1H3. The number of amides is 1. The van der Waals surface area contributed by atoms with Crippen LogP contribution in [0, 0.1) is 0 Å². The van der Waals surface area contributed by atoms with Crippen LogP contribution in [0.4, 0.5) is 27.6 Å². The van der Waals surface area contributed by atoms with Crippen molar-refractivity contribution >= 4 is 21.6 Å². The second-order valence-electron chi connectivity index (χ2n) is 8.22. The molecule has 0 unspecified atom stereocenters. The fourth-order valence-electron chi connectivity index (χ4n) is 3.93. The predicted molar refractivity (Wildman–Crippen MR) is 127 cm³/mol. The van der Waals surface area contributed by atoms with Gasteiger partial charge >= 0.3 is 12.8 Å². The summed E-state index contributed by atoms with van der Waals surface area (Å²) < 4.78 is 102. The first-order chi connectivity index (χ1) is 17.9. The van der Waals surface area contributed by atoms with Crippen molar-refractivity contribution in [2.75, 3.05) is 31.2 Å². The average Bonchev–Trinajstić information content (AvgIpc) is 2.87. The maximum Gasteiger partial charge on any atom is 0.416 e. The summed E-state index contributed by atoms with van der Waals surface area (Å²) in [5, 5.41) is 0. The van der Waals surface area contributed by atoms with Crippen LogP contribution >= 0.6 is 0 Å². The van der Waals surface area contributed by atoms with Crippen molar-refractivity contribution in [3.63, 3.8) is 0 Å². The molecular weight excluding hydrogens is 535 g/mol. The van der Waals surface area contributed by atoms with E-state index in [2.05, 4.69) is 4.74 Å². The summed E-state index contributed by atoms with van der Waals surface area (Å²) >= 11 is 0. The molecule has 0 aliphatic carbocycles. The van der Waals surface area contributed by atoms with Crippen LogP contribution in [0.25, 0.3) is 11.1 Å². The first-order valence-corrected chi connectivity index (χ1v) is 12.5. The third-order valence-electron chi connectivity index (χ3n) is 5.81. The third kappa shape index (κ3) is 5.58. The SMILES string of the molecule is COCCN1CN(S(=O)(=O)c2cccc(C(F)(F)F)c2)c2cc(-c3ccc(OC(F)F)cc3)ccc2C1=O. The number of carbonyl (C=O) groups is 1. The summed E-state index contributed by atoms with van der Waals surface area (Å²) in [6.45, 7) is -3.33. The normalized spacial score (nSPS) is 14.1. The van der Waals surface area contributed by atoms with Gasteiger partial charge in [0.1, 0.15) is 12.4 Å². The molecule has 1 heterocycles. The van der Waals surface area contributed by atoms with Gasteiger partial charge in [-0.2, -0.15) is 22.0 Å². The highest BCUT2D eigenvalue weighted by Gasteiger charge is 2.38. The summed E-state index contributed by atoms with van der Waals surface area (Å²) in [7, 11) is -3.16. The fourth-order valence-corrected chi connectivity index (χ4v) is 5.41.